The summed E-state index contributed by atoms with van der Waals surface area (Å²) in [5, 5.41) is 9.08. The van der Waals surface area contributed by atoms with Crippen LogP contribution in [0.2, 0.25) is 0 Å². The summed E-state index contributed by atoms with van der Waals surface area (Å²) in [5.41, 5.74) is 2.19. The smallest absolute Gasteiger partial charge is 0.239 e. The lowest BCUT2D eigenvalue weighted by Gasteiger charge is -2.17. The highest BCUT2D eigenvalue weighted by Crippen LogP contribution is 2.22. The fourth-order valence-electron chi connectivity index (χ4n) is 2.79. The molecular formula is C20H33IN4O3. The van der Waals surface area contributed by atoms with Crippen molar-refractivity contribution in [2.24, 2.45) is 4.99 Å². The molecule has 1 atom stereocenters. The van der Waals surface area contributed by atoms with Gasteiger partial charge in [-0.3, -0.25) is 9.79 Å². The van der Waals surface area contributed by atoms with Crippen LogP contribution in [0.3, 0.4) is 0 Å². The first-order valence-corrected chi connectivity index (χ1v) is 9.67. The third-order valence-electron chi connectivity index (χ3n) is 4.33. The second-order valence-electron chi connectivity index (χ2n) is 6.69. The Morgan fingerprint density at radius 2 is 2.14 bits per heavy atom. The zero-order valence-electron chi connectivity index (χ0n) is 17.0. The number of ether oxygens (including phenoxy) is 2. The van der Waals surface area contributed by atoms with Crippen molar-refractivity contribution in [1.29, 1.82) is 0 Å². The lowest BCUT2D eigenvalue weighted by molar-refractivity contribution is -0.120. The molecule has 8 heteroatoms. The van der Waals surface area contributed by atoms with Crippen molar-refractivity contribution in [3.63, 3.8) is 0 Å². The summed E-state index contributed by atoms with van der Waals surface area (Å²) < 4.78 is 11.7. The number of halogens is 1. The van der Waals surface area contributed by atoms with Crippen molar-refractivity contribution in [2.45, 2.75) is 45.8 Å². The van der Waals surface area contributed by atoms with Crippen LogP contribution in [-0.4, -0.2) is 51.3 Å². The van der Waals surface area contributed by atoms with Gasteiger partial charge in [-0.25, -0.2) is 0 Å². The van der Waals surface area contributed by atoms with Gasteiger partial charge in [-0.2, -0.15) is 0 Å². The number of hydrogen-bond acceptors (Lipinski definition) is 4. The summed E-state index contributed by atoms with van der Waals surface area (Å²) in [6, 6.07) is 6.15. The van der Waals surface area contributed by atoms with Gasteiger partial charge in [-0.1, -0.05) is 19.1 Å². The Kier molecular flexibility index (Phi) is 11.9. The Morgan fingerprint density at radius 1 is 1.32 bits per heavy atom. The van der Waals surface area contributed by atoms with Crippen LogP contribution in [0.15, 0.2) is 23.2 Å². The molecule has 0 aromatic heterocycles. The van der Waals surface area contributed by atoms with Crippen LogP contribution in [0.4, 0.5) is 0 Å². The van der Waals surface area contributed by atoms with E-state index in [1.165, 1.54) is 0 Å². The van der Waals surface area contributed by atoms with Crippen LogP contribution in [0.5, 0.6) is 5.75 Å². The van der Waals surface area contributed by atoms with Gasteiger partial charge in [0.2, 0.25) is 5.91 Å². The second-order valence-corrected chi connectivity index (χ2v) is 6.69. The summed E-state index contributed by atoms with van der Waals surface area (Å²) in [4.78, 5) is 15.9. The quantitative estimate of drug-likeness (QED) is 0.273. The van der Waals surface area contributed by atoms with Crippen LogP contribution < -0.4 is 20.7 Å². The van der Waals surface area contributed by atoms with Crippen LogP contribution in [-0.2, 0) is 16.1 Å². The largest absolute Gasteiger partial charge is 0.491 e. The summed E-state index contributed by atoms with van der Waals surface area (Å²) in [6.45, 7) is 6.89. The average molecular weight is 504 g/mol. The molecule has 1 unspecified atom stereocenters. The highest BCUT2D eigenvalue weighted by atomic mass is 127. The van der Waals surface area contributed by atoms with E-state index in [0.717, 1.165) is 42.7 Å². The highest BCUT2D eigenvalue weighted by molar-refractivity contribution is 14.0. The van der Waals surface area contributed by atoms with Gasteiger partial charge in [0.25, 0.3) is 0 Å². The van der Waals surface area contributed by atoms with E-state index >= 15 is 0 Å². The van der Waals surface area contributed by atoms with E-state index in [9.17, 15) is 4.79 Å². The molecule has 0 radical (unpaired) electrons. The molecule has 1 aromatic rings. The molecule has 7 nitrogen and oxygen atoms in total. The zero-order valence-corrected chi connectivity index (χ0v) is 19.4. The Labute approximate surface area is 185 Å². The molecule has 0 aliphatic carbocycles. The Bertz CT molecular complexity index is 634. The maximum absolute atomic E-state index is 11.7. The Hall–Kier alpha value is -1.55. The molecular weight excluding hydrogens is 471 g/mol. The Balaban J connectivity index is 0.00000392. The molecule has 0 bridgehead atoms. The minimum absolute atomic E-state index is 0. The number of benzene rings is 1. The third kappa shape index (κ3) is 8.64. The molecule has 0 saturated carbocycles. The monoisotopic (exact) mass is 504 g/mol. The van der Waals surface area contributed by atoms with Crippen molar-refractivity contribution >= 4 is 35.8 Å². The van der Waals surface area contributed by atoms with Crippen LogP contribution in [0, 0.1) is 6.92 Å². The number of nitrogens with zero attached hydrogens (tertiary/aromatic N) is 1. The number of carbonyl (C=O) groups excluding carboxylic acids is 1. The van der Waals surface area contributed by atoms with Gasteiger partial charge in [0, 0.05) is 32.3 Å². The lowest BCUT2D eigenvalue weighted by atomic mass is 10.1. The molecule has 1 aliphatic heterocycles. The fourth-order valence-corrected chi connectivity index (χ4v) is 2.79. The first-order chi connectivity index (χ1) is 13.1. The zero-order chi connectivity index (χ0) is 19.5. The van der Waals surface area contributed by atoms with Gasteiger partial charge in [0.1, 0.15) is 12.4 Å². The lowest BCUT2D eigenvalue weighted by Crippen LogP contribution is -2.43. The van der Waals surface area contributed by atoms with Crippen molar-refractivity contribution in [2.75, 3.05) is 33.4 Å². The number of aliphatic imine (C=N–C) groups is 1. The summed E-state index contributed by atoms with van der Waals surface area (Å²) in [7, 11) is 1.68. The molecule has 1 aromatic carbocycles. The minimum Gasteiger partial charge on any atom is -0.491 e. The van der Waals surface area contributed by atoms with Crippen molar-refractivity contribution in [1.82, 2.24) is 16.0 Å². The van der Waals surface area contributed by atoms with Crippen molar-refractivity contribution in [3.05, 3.63) is 29.3 Å². The number of amides is 1. The Morgan fingerprint density at radius 3 is 2.82 bits per heavy atom. The van der Waals surface area contributed by atoms with E-state index in [2.05, 4.69) is 33.1 Å². The first-order valence-electron chi connectivity index (χ1n) is 9.67. The maximum atomic E-state index is 11.7. The van der Waals surface area contributed by atoms with Gasteiger partial charge in [0.15, 0.2) is 5.96 Å². The molecule has 0 spiro atoms. The number of rotatable bonds is 9. The second kappa shape index (κ2) is 13.6. The van der Waals surface area contributed by atoms with Crippen LogP contribution >= 0.6 is 24.0 Å². The third-order valence-corrected chi connectivity index (χ3v) is 4.33. The predicted octanol–water partition coefficient (Wildman–Crippen LogP) is 2.36. The van der Waals surface area contributed by atoms with E-state index in [4.69, 9.17) is 9.47 Å². The first kappa shape index (κ1) is 24.5. The van der Waals surface area contributed by atoms with Gasteiger partial charge < -0.3 is 25.4 Å². The van der Waals surface area contributed by atoms with Crippen molar-refractivity contribution in [3.8, 4) is 5.75 Å². The number of hydrogen-bond donors (Lipinski definition) is 3. The van der Waals surface area contributed by atoms with E-state index < -0.39 is 0 Å². The minimum atomic E-state index is -0.0456. The normalized spacial score (nSPS) is 16.2. The van der Waals surface area contributed by atoms with Crippen molar-refractivity contribution < 1.29 is 14.3 Å². The number of guanidine groups is 1. The predicted molar refractivity (Wildman–Crippen MR) is 123 cm³/mol. The molecule has 3 N–H and O–H groups in total. The van der Waals surface area contributed by atoms with E-state index in [0.29, 0.717) is 25.7 Å². The van der Waals surface area contributed by atoms with E-state index in [1.807, 2.05) is 19.9 Å². The van der Waals surface area contributed by atoms with E-state index in [-0.39, 0.29) is 42.5 Å². The summed E-state index contributed by atoms with van der Waals surface area (Å²) >= 11 is 0. The number of carbonyl (C=O) groups is 1. The molecule has 28 heavy (non-hydrogen) atoms. The van der Waals surface area contributed by atoms with Gasteiger partial charge >= 0.3 is 0 Å². The fraction of sp³-hybridized carbons (Fsp3) is 0.600. The van der Waals surface area contributed by atoms with Crippen LogP contribution in [0.1, 0.15) is 37.3 Å². The standard InChI is InChI=1S/C20H32N4O3.HI/c1-4-9-22-19(25)13-24-20(21-3)23-12-16-8-7-15(2)11-18(16)27-14-17-6-5-10-26-17;/h7-8,11,17H,4-6,9-10,12-14H2,1-3H3,(H,22,25)(H2,21,23,24);1H. The SMILES string of the molecule is CCCNC(=O)CNC(=NC)NCc1ccc(C)cc1OCC1CCCO1.I. The molecule has 1 fully saturated rings. The average Bonchev–Trinajstić information content (AvgIpc) is 3.19. The highest BCUT2D eigenvalue weighted by Gasteiger charge is 2.17. The molecule has 2 rings (SSSR count). The topological polar surface area (TPSA) is 84.0 Å². The summed E-state index contributed by atoms with van der Waals surface area (Å²) in [6.07, 6.45) is 3.25. The molecule has 1 saturated heterocycles. The van der Waals surface area contributed by atoms with Gasteiger partial charge in [-0.15, -0.1) is 24.0 Å². The maximum Gasteiger partial charge on any atom is 0.239 e. The molecule has 1 aliphatic rings. The number of aryl methyl sites for hydroxylation is 1. The van der Waals surface area contributed by atoms with Crippen LogP contribution in [0.25, 0.3) is 0 Å². The summed E-state index contributed by atoms with van der Waals surface area (Å²) in [5.74, 6) is 1.39. The number of nitrogens with one attached hydrogen (secondary N) is 3. The van der Waals surface area contributed by atoms with E-state index in [1.54, 1.807) is 7.05 Å². The van der Waals surface area contributed by atoms with Gasteiger partial charge in [0.05, 0.1) is 12.6 Å². The molecule has 1 amide bonds. The van der Waals surface area contributed by atoms with Gasteiger partial charge in [-0.05, 0) is 37.8 Å². The molecule has 1 heterocycles. The molecule has 158 valence electrons.